The van der Waals surface area contributed by atoms with Gasteiger partial charge in [0.15, 0.2) is 5.96 Å². The number of hydrogen-bond acceptors (Lipinski definition) is 4. The third-order valence-electron chi connectivity index (χ3n) is 4.30. The Morgan fingerprint density at radius 1 is 1.23 bits per heavy atom. The minimum absolute atomic E-state index is 0. The van der Waals surface area contributed by atoms with Gasteiger partial charge in [-0.25, -0.2) is 0 Å². The Kier molecular flexibility index (Phi) is 12.4. The Morgan fingerprint density at radius 2 is 1.96 bits per heavy atom. The first-order valence-corrected chi connectivity index (χ1v) is 9.19. The highest BCUT2D eigenvalue weighted by atomic mass is 127. The Bertz CT molecular complexity index is 496. The second-order valence-electron chi connectivity index (χ2n) is 6.22. The van der Waals surface area contributed by atoms with Gasteiger partial charge in [0.2, 0.25) is 0 Å². The van der Waals surface area contributed by atoms with Gasteiger partial charge in [-0.2, -0.15) is 0 Å². The number of para-hydroxylation sites is 1. The van der Waals surface area contributed by atoms with Crippen molar-refractivity contribution in [3.63, 3.8) is 0 Å². The summed E-state index contributed by atoms with van der Waals surface area (Å²) in [6, 6.07) is 9.90. The van der Waals surface area contributed by atoms with Crippen molar-refractivity contribution in [1.82, 2.24) is 15.1 Å². The summed E-state index contributed by atoms with van der Waals surface area (Å²) in [7, 11) is 3.86. The van der Waals surface area contributed by atoms with Crippen LogP contribution in [0, 0.1) is 0 Å². The van der Waals surface area contributed by atoms with Crippen LogP contribution in [0.1, 0.15) is 12.8 Å². The fourth-order valence-corrected chi connectivity index (χ4v) is 2.79. The zero-order chi connectivity index (χ0) is 17.7. The summed E-state index contributed by atoms with van der Waals surface area (Å²) in [5.74, 6) is 1.82. The van der Waals surface area contributed by atoms with Crippen LogP contribution < -0.4 is 10.1 Å². The second kappa shape index (κ2) is 14.1. The number of ether oxygens (including phenoxy) is 2. The number of benzene rings is 1. The molecule has 26 heavy (non-hydrogen) atoms. The number of halogens is 1. The fraction of sp³-hybridized carbons (Fsp3) is 0.632. The summed E-state index contributed by atoms with van der Waals surface area (Å²) in [5, 5.41) is 3.43. The van der Waals surface area contributed by atoms with Crippen LogP contribution in [0.15, 0.2) is 35.3 Å². The van der Waals surface area contributed by atoms with E-state index in [2.05, 4.69) is 20.1 Å². The van der Waals surface area contributed by atoms with Gasteiger partial charge >= 0.3 is 0 Å². The smallest absolute Gasteiger partial charge is 0.193 e. The number of guanidine groups is 1. The molecular formula is C19H33IN4O2. The molecule has 6 nitrogen and oxygen atoms in total. The van der Waals surface area contributed by atoms with Gasteiger partial charge in [0.05, 0.1) is 19.8 Å². The van der Waals surface area contributed by atoms with Gasteiger partial charge in [0.25, 0.3) is 0 Å². The molecular weight excluding hydrogens is 443 g/mol. The molecule has 1 saturated heterocycles. The van der Waals surface area contributed by atoms with Crippen molar-refractivity contribution in [2.45, 2.75) is 12.8 Å². The molecule has 1 aromatic rings. The maximum absolute atomic E-state index is 5.74. The molecule has 0 saturated carbocycles. The standard InChI is InChI=1S/C19H32N4O2.HI/c1-20-19(21-10-6-7-11-23-13-15-24-16-14-23)22(2)12-17-25-18-8-4-3-5-9-18;/h3-5,8-9H,6-7,10-17H2,1-2H3,(H,20,21);1H. The average molecular weight is 476 g/mol. The minimum Gasteiger partial charge on any atom is -0.492 e. The lowest BCUT2D eigenvalue weighted by atomic mass is 10.2. The zero-order valence-corrected chi connectivity index (χ0v) is 18.4. The van der Waals surface area contributed by atoms with Crippen LogP contribution in [-0.2, 0) is 4.74 Å². The molecule has 0 spiro atoms. The van der Waals surface area contributed by atoms with Crippen LogP contribution in [0.25, 0.3) is 0 Å². The molecule has 0 atom stereocenters. The van der Waals surface area contributed by atoms with Gasteiger partial charge < -0.3 is 19.7 Å². The van der Waals surface area contributed by atoms with Gasteiger partial charge in [0.1, 0.15) is 12.4 Å². The Balaban J connectivity index is 0.00000338. The Hall–Kier alpha value is -1.06. The van der Waals surface area contributed by atoms with Gasteiger partial charge in [-0.05, 0) is 31.5 Å². The molecule has 0 radical (unpaired) electrons. The summed E-state index contributed by atoms with van der Waals surface area (Å²) < 4.78 is 11.1. The molecule has 0 aliphatic carbocycles. The largest absolute Gasteiger partial charge is 0.492 e. The normalized spacial score (nSPS) is 15.2. The van der Waals surface area contributed by atoms with E-state index < -0.39 is 0 Å². The quantitative estimate of drug-likeness (QED) is 0.257. The van der Waals surface area contributed by atoms with Crippen molar-refractivity contribution in [3.05, 3.63) is 30.3 Å². The van der Waals surface area contributed by atoms with E-state index in [4.69, 9.17) is 9.47 Å². The van der Waals surface area contributed by atoms with Gasteiger partial charge in [-0.3, -0.25) is 9.89 Å². The van der Waals surface area contributed by atoms with E-state index in [1.165, 1.54) is 6.42 Å². The predicted molar refractivity (Wildman–Crippen MR) is 118 cm³/mol. The molecule has 7 heteroatoms. The number of aliphatic imine (C=N–C) groups is 1. The number of nitrogens with zero attached hydrogens (tertiary/aromatic N) is 3. The van der Waals surface area contributed by atoms with Crippen LogP contribution in [0.3, 0.4) is 0 Å². The van der Waals surface area contributed by atoms with Crippen molar-refractivity contribution >= 4 is 29.9 Å². The Labute approximate surface area is 175 Å². The van der Waals surface area contributed by atoms with Crippen molar-refractivity contribution in [1.29, 1.82) is 0 Å². The molecule has 1 heterocycles. The number of likely N-dealkylation sites (N-methyl/N-ethyl adjacent to an activating group) is 1. The molecule has 1 aliphatic rings. The summed E-state index contributed by atoms with van der Waals surface area (Å²) in [6.07, 6.45) is 2.34. The second-order valence-corrected chi connectivity index (χ2v) is 6.22. The topological polar surface area (TPSA) is 49.3 Å². The van der Waals surface area contributed by atoms with Gasteiger partial charge in [-0.15, -0.1) is 24.0 Å². The predicted octanol–water partition coefficient (Wildman–Crippen LogP) is 2.30. The summed E-state index contributed by atoms with van der Waals surface area (Å²) in [4.78, 5) is 8.93. The first-order valence-electron chi connectivity index (χ1n) is 9.19. The maximum atomic E-state index is 5.74. The molecule has 1 fully saturated rings. The molecule has 0 unspecified atom stereocenters. The van der Waals surface area contributed by atoms with E-state index in [-0.39, 0.29) is 24.0 Å². The summed E-state index contributed by atoms with van der Waals surface area (Å²) >= 11 is 0. The van der Waals surface area contributed by atoms with Crippen LogP contribution >= 0.6 is 24.0 Å². The average Bonchev–Trinajstić information content (AvgIpc) is 2.66. The van der Waals surface area contributed by atoms with E-state index >= 15 is 0 Å². The third-order valence-corrected chi connectivity index (χ3v) is 4.30. The van der Waals surface area contributed by atoms with E-state index in [0.717, 1.165) is 64.1 Å². The highest BCUT2D eigenvalue weighted by Gasteiger charge is 2.09. The van der Waals surface area contributed by atoms with Gasteiger partial charge in [0, 0.05) is 33.7 Å². The summed E-state index contributed by atoms with van der Waals surface area (Å²) in [6.45, 7) is 7.42. The molecule has 148 valence electrons. The first-order chi connectivity index (χ1) is 12.3. The van der Waals surface area contributed by atoms with Crippen molar-refractivity contribution in [2.75, 3.05) is 66.6 Å². The lowest BCUT2D eigenvalue weighted by Gasteiger charge is -2.26. The number of rotatable bonds is 9. The van der Waals surface area contributed by atoms with Crippen molar-refractivity contribution in [2.24, 2.45) is 4.99 Å². The maximum Gasteiger partial charge on any atom is 0.193 e. The number of unbranched alkanes of at least 4 members (excludes halogenated alkanes) is 1. The van der Waals surface area contributed by atoms with E-state index in [9.17, 15) is 0 Å². The molecule has 0 aromatic heterocycles. The summed E-state index contributed by atoms with van der Waals surface area (Å²) in [5.41, 5.74) is 0. The number of hydrogen-bond donors (Lipinski definition) is 1. The first kappa shape index (κ1) is 23.0. The molecule has 1 aromatic carbocycles. The molecule has 0 amide bonds. The monoisotopic (exact) mass is 476 g/mol. The molecule has 0 bridgehead atoms. The Morgan fingerprint density at radius 3 is 2.65 bits per heavy atom. The van der Waals surface area contributed by atoms with Gasteiger partial charge in [-0.1, -0.05) is 18.2 Å². The number of morpholine rings is 1. The fourth-order valence-electron chi connectivity index (χ4n) is 2.79. The molecule has 2 rings (SSSR count). The van der Waals surface area contributed by atoms with E-state index in [1.807, 2.05) is 44.4 Å². The van der Waals surface area contributed by atoms with E-state index in [0.29, 0.717) is 6.61 Å². The van der Waals surface area contributed by atoms with Crippen molar-refractivity contribution in [3.8, 4) is 5.75 Å². The van der Waals surface area contributed by atoms with Crippen LogP contribution in [0.2, 0.25) is 0 Å². The van der Waals surface area contributed by atoms with Crippen LogP contribution in [0.4, 0.5) is 0 Å². The SMILES string of the molecule is CN=C(NCCCCN1CCOCC1)N(C)CCOc1ccccc1.I. The highest BCUT2D eigenvalue weighted by molar-refractivity contribution is 14.0. The highest BCUT2D eigenvalue weighted by Crippen LogP contribution is 2.07. The minimum atomic E-state index is 0. The van der Waals surface area contributed by atoms with Crippen molar-refractivity contribution < 1.29 is 9.47 Å². The number of nitrogens with one attached hydrogen (secondary N) is 1. The van der Waals surface area contributed by atoms with Crippen LogP contribution in [0.5, 0.6) is 5.75 Å². The third kappa shape index (κ3) is 9.05. The molecule has 1 aliphatic heterocycles. The van der Waals surface area contributed by atoms with Crippen LogP contribution in [-0.4, -0.2) is 82.4 Å². The zero-order valence-electron chi connectivity index (χ0n) is 16.0. The lowest BCUT2D eigenvalue weighted by molar-refractivity contribution is 0.0372. The molecule has 1 N–H and O–H groups in total. The van der Waals surface area contributed by atoms with E-state index in [1.54, 1.807) is 0 Å². The lowest BCUT2D eigenvalue weighted by Crippen LogP contribution is -2.41.